The second-order valence-corrected chi connectivity index (χ2v) is 17.8. The predicted octanol–water partition coefficient (Wildman–Crippen LogP) is 6.04. The number of benzene rings is 2. The Morgan fingerprint density at radius 3 is 2.44 bits per heavy atom. The fraction of sp³-hybridized carbons (Fsp3) is 0.489. The standard InChI is InChI=1S/C45H51F3N8O7/c1-44(2,62)33-22-35-26(18-36(33)51-40(58)34-6-4-7-38(50-34)45(46,47)48)24-55(53-35)29-11-8-25(9-12-29)23-54(3)16-5-17-63-30-19-28(20-30)49-27-10-13-31-32(21-27)43(61)56(42(31)60)37-14-15-39(57)52-41(37)59/h4,6-7,10,13,18,21-22,24-25,28-30,37,49,62H,5,8-9,11-12,14-17,19-20,23H2,1-3H3,(H,51,58)(H,52,57,59)/t25-,28-,29-,30-,37?. The number of piperidine rings is 1. The van der Waals surface area contributed by atoms with E-state index in [1.807, 2.05) is 10.9 Å². The molecule has 15 nitrogen and oxygen atoms in total. The van der Waals surface area contributed by atoms with Gasteiger partial charge in [-0.1, -0.05) is 6.07 Å². The lowest BCUT2D eigenvalue weighted by Crippen LogP contribution is -2.54. The largest absolute Gasteiger partial charge is 0.433 e. The first-order valence-corrected chi connectivity index (χ1v) is 21.4. The van der Waals surface area contributed by atoms with Gasteiger partial charge in [-0.05, 0) is 121 Å². The molecule has 4 aliphatic rings. The number of hydrogen-bond acceptors (Lipinski definition) is 11. The molecule has 0 radical (unpaired) electrons. The van der Waals surface area contributed by atoms with Crippen LogP contribution in [0.5, 0.6) is 0 Å². The molecule has 5 amide bonds. The van der Waals surface area contributed by atoms with Crippen LogP contribution in [0.1, 0.15) is 120 Å². The minimum absolute atomic E-state index is 0.0695. The number of hydrogen-bond donors (Lipinski definition) is 4. The van der Waals surface area contributed by atoms with Crippen LogP contribution in [0.4, 0.5) is 24.5 Å². The first-order valence-electron chi connectivity index (χ1n) is 21.4. The van der Waals surface area contributed by atoms with Crippen LogP contribution >= 0.6 is 0 Å². The van der Waals surface area contributed by atoms with E-state index in [-0.39, 0.29) is 47.8 Å². The van der Waals surface area contributed by atoms with Gasteiger partial charge in [-0.15, -0.1) is 0 Å². The van der Waals surface area contributed by atoms with Gasteiger partial charge in [-0.2, -0.15) is 18.3 Å². The zero-order valence-corrected chi connectivity index (χ0v) is 35.3. The van der Waals surface area contributed by atoms with E-state index in [9.17, 15) is 42.3 Å². The number of anilines is 2. The van der Waals surface area contributed by atoms with Crippen molar-refractivity contribution in [3.05, 3.63) is 82.8 Å². The molecule has 8 rings (SSSR count). The van der Waals surface area contributed by atoms with Crippen molar-refractivity contribution >= 4 is 51.8 Å². The SMILES string of the molecule is CN(CCCO[C@H]1C[C@H](Nc2ccc3c(c2)C(=O)N(C2CCC(=O)NC2=O)C3=O)C1)C[C@H]1CC[C@H](n2cc3cc(NC(=O)c4cccc(C(F)(F)F)n4)c(C(C)(C)O)cc3n2)CC1. The van der Waals surface area contributed by atoms with Crippen LogP contribution in [0.15, 0.2) is 54.7 Å². The molecule has 1 atom stereocenters. The molecular weight excluding hydrogens is 822 g/mol. The van der Waals surface area contributed by atoms with Crippen LogP contribution in [-0.2, 0) is 26.1 Å². The Balaban J connectivity index is 0.756. The van der Waals surface area contributed by atoms with Crippen LogP contribution in [0.2, 0.25) is 0 Å². The first-order chi connectivity index (χ1) is 29.9. The number of amides is 5. The third kappa shape index (κ3) is 9.62. The van der Waals surface area contributed by atoms with E-state index in [4.69, 9.17) is 9.84 Å². The lowest BCUT2D eigenvalue weighted by Gasteiger charge is -2.36. The number of carbonyl (C=O) groups excluding carboxylic acids is 5. The average molecular weight is 873 g/mol. The molecule has 4 heterocycles. The summed E-state index contributed by atoms with van der Waals surface area (Å²) in [7, 11) is 2.13. The number of imide groups is 2. The minimum Gasteiger partial charge on any atom is -0.386 e. The summed E-state index contributed by atoms with van der Waals surface area (Å²) in [5.41, 5.74) is -0.460. The number of halogens is 3. The molecule has 2 aromatic heterocycles. The third-order valence-corrected chi connectivity index (χ3v) is 12.5. The smallest absolute Gasteiger partial charge is 0.386 e. The Hall–Kier alpha value is -5.72. The van der Waals surface area contributed by atoms with Gasteiger partial charge in [0, 0.05) is 60.7 Å². The first kappa shape index (κ1) is 43.9. The third-order valence-electron chi connectivity index (χ3n) is 12.5. The van der Waals surface area contributed by atoms with Gasteiger partial charge in [0.2, 0.25) is 11.8 Å². The molecule has 4 aromatic rings. The van der Waals surface area contributed by atoms with E-state index in [0.29, 0.717) is 29.3 Å². The number of aliphatic hydroxyl groups is 1. The number of nitrogens with zero attached hydrogens (tertiary/aromatic N) is 5. The summed E-state index contributed by atoms with van der Waals surface area (Å²) in [6.07, 6.45) is 4.01. The fourth-order valence-corrected chi connectivity index (χ4v) is 9.12. The molecule has 63 heavy (non-hydrogen) atoms. The maximum Gasteiger partial charge on any atom is 0.433 e. The van der Waals surface area contributed by atoms with Crippen molar-refractivity contribution in [2.75, 3.05) is 37.4 Å². The Bertz CT molecular complexity index is 2430. The van der Waals surface area contributed by atoms with Gasteiger partial charge >= 0.3 is 6.18 Å². The van der Waals surface area contributed by atoms with Crippen LogP contribution in [-0.4, -0.2) is 104 Å². The molecule has 2 aliphatic carbocycles. The van der Waals surface area contributed by atoms with Gasteiger partial charge in [-0.25, -0.2) is 4.98 Å². The van der Waals surface area contributed by atoms with Gasteiger partial charge in [-0.3, -0.25) is 38.9 Å². The molecule has 0 spiro atoms. The Morgan fingerprint density at radius 1 is 0.984 bits per heavy atom. The number of pyridine rings is 1. The monoisotopic (exact) mass is 872 g/mol. The van der Waals surface area contributed by atoms with E-state index in [0.717, 1.165) is 80.5 Å². The van der Waals surface area contributed by atoms with E-state index in [1.165, 1.54) is 6.07 Å². The summed E-state index contributed by atoms with van der Waals surface area (Å²) in [5, 5.41) is 24.8. The molecule has 2 aromatic carbocycles. The number of ether oxygens (including phenoxy) is 1. The number of nitrogens with one attached hydrogen (secondary N) is 3. The Morgan fingerprint density at radius 2 is 1.73 bits per heavy atom. The van der Waals surface area contributed by atoms with Gasteiger partial charge in [0.15, 0.2) is 0 Å². The van der Waals surface area contributed by atoms with Crippen molar-refractivity contribution < 1.29 is 47.0 Å². The molecule has 1 unspecified atom stereocenters. The van der Waals surface area contributed by atoms with Gasteiger partial charge < -0.3 is 25.4 Å². The van der Waals surface area contributed by atoms with E-state index in [2.05, 4.69) is 32.9 Å². The summed E-state index contributed by atoms with van der Waals surface area (Å²) in [6, 6.07) is 10.9. The molecule has 4 N–H and O–H groups in total. The molecule has 3 fully saturated rings. The number of fused-ring (bicyclic) bond motifs is 2. The summed E-state index contributed by atoms with van der Waals surface area (Å²) in [5.74, 6) is -2.39. The molecule has 334 valence electrons. The number of rotatable bonds is 14. The maximum atomic E-state index is 13.2. The normalized spacial score (nSPS) is 22.9. The lowest BCUT2D eigenvalue weighted by atomic mass is 9.86. The zero-order chi connectivity index (χ0) is 44.8. The molecular formula is C45H51F3N8O7. The van der Waals surface area contributed by atoms with E-state index < -0.39 is 58.7 Å². The topological polar surface area (TPSA) is 188 Å². The maximum absolute atomic E-state index is 13.2. The number of carbonyl (C=O) groups is 5. The van der Waals surface area contributed by atoms with Gasteiger partial charge in [0.25, 0.3) is 17.7 Å². The average Bonchev–Trinajstić information content (AvgIpc) is 3.74. The quantitative estimate of drug-likeness (QED) is 0.0854. The summed E-state index contributed by atoms with van der Waals surface area (Å²) < 4.78 is 47.8. The number of aromatic nitrogens is 3. The van der Waals surface area contributed by atoms with Crippen LogP contribution in [0, 0.1) is 5.92 Å². The van der Waals surface area contributed by atoms with Crippen LogP contribution in [0.25, 0.3) is 10.9 Å². The molecule has 1 saturated heterocycles. The molecule has 2 saturated carbocycles. The Kier molecular flexibility index (Phi) is 12.2. The summed E-state index contributed by atoms with van der Waals surface area (Å²) >= 11 is 0. The highest BCUT2D eigenvalue weighted by atomic mass is 19.4. The van der Waals surface area contributed by atoms with Crippen LogP contribution < -0.4 is 16.0 Å². The van der Waals surface area contributed by atoms with Gasteiger partial charge in [0.1, 0.15) is 17.4 Å². The zero-order valence-electron chi connectivity index (χ0n) is 35.3. The highest BCUT2D eigenvalue weighted by molar-refractivity contribution is 6.23. The van der Waals surface area contributed by atoms with E-state index in [1.54, 1.807) is 44.2 Å². The van der Waals surface area contributed by atoms with Gasteiger partial charge in [0.05, 0.1) is 34.4 Å². The van der Waals surface area contributed by atoms with Crippen molar-refractivity contribution in [2.45, 2.75) is 108 Å². The van der Waals surface area contributed by atoms with Crippen molar-refractivity contribution in [3.63, 3.8) is 0 Å². The molecule has 18 heteroatoms. The highest BCUT2D eigenvalue weighted by Crippen LogP contribution is 2.37. The predicted molar refractivity (Wildman–Crippen MR) is 225 cm³/mol. The van der Waals surface area contributed by atoms with Crippen molar-refractivity contribution in [1.29, 1.82) is 0 Å². The van der Waals surface area contributed by atoms with Crippen molar-refractivity contribution in [3.8, 4) is 0 Å². The lowest BCUT2D eigenvalue weighted by molar-refractivity contribution is -0.141. The Labute approximate surface area is 361 Å². The second kappa shape index (κ2) is 17.4. The highest BCUT2D eigenvalue weighted by Gasteiger charge is 2.45. The second-order valence-electron chi connectivity index (χ2n) is 17.8. The van der Waals surface area contributed by atoms with Crippen molar-refractivity contribution in [1.82, 2.24) is 29.9 Å². The van der Waals surface area contributed by atoms with Crippen molar-refractivity contribution in [2.24, 2.45) is 5.92 Å². The van der Waals surface area contributed by atoms with Crippen LogP contribution in [0.3, 0.4) is 0 Å². The molecule has 0 bridgehead atoms. The molecule has 2 aliphatic heterocycles. The summed E-state index contributed by atoms with van der Waals surface area (Å²) in [4.78, 5) is 70.0. The minimum atomic E-state index is -4.70. The summed E-state index contributed by atoms with van der Waals surface area (Å²) in [6.45, 7) is 5.66. The fourth-order valence-electron chi connectivity index (χ4n) is 9.12. The number of alkyl halides is 3. The van der Waals surface area contributed by atoms with E-state index >= 15 is 0 Å².